The molecule has 130 valence electrons. The smallest absolute Gasteiger partial charge is 0.191 e. The van der Waals surface area contributed by atoms with Gasteiger partial charge in [-0.3, -0.25) is 4.99 Å². The molecule has 1 aliphatic rings. The van der Waals surface area contributed by atoms with Crippen LogP contribution in [-0.4, -0.2) is 31.1 Å². The number of aliphatic imine (C=N–C) groups is 1. The maximum Gasteiger partial charge on any atom is 0.191 e. The van der Waals surface area contributed by atoms with E-state index in [-0.39, 0.29) is 29.5 Å². The number of hydrogen-bond acceptors (Lipinski definition) is 2. The number of rotatable bonds is 6. The Labute approximate surface area is 157 Å². The minimum atomic E-state index is -0.0257. The van der Waals surface area contributed by atoms with Crippen LogP contribution in [0.2, 0.25) is 0 Å². The third kappa shape index (κ3) is 6.67. The predicted molar refractivity (Wildman–Crippen MR) is 110 cm³/mol. The van der Waals surface area contributed by atoms with Gasteiger partial charge in [-0.15, -0.1) is 24.0 Å². The third-order valence-corrected chi connectivity index (χ3v) is 4.26. The van der Waals surface area contributed by atoms with Crippen molar-refractivity contribution in [3.63, 3.8) is 0 Å². The van der Waals surface area contributed by atoms with Crippen LogP contribution in [0.25, 0.3) is 0 Å². The van der Waals surface area contributed by atoms with Crippen molar-refractivity contribution < 1.29 is 0 Å². The van der Waals surface area contributed by atoms with E-state index in [1.54, 1.807) is 0 Å². The van der Waals surface area contributed by atoms with Crippen molar-refractivity contribution in [1.82, 2.24) is 16.0 Å². The summed E-state index contributed by atoms with van der Waals surface area (Å²) >= 11 is 0. The minimum absolute atomic E-state index is 0. The highest BCUT2D eigenvalue weighted by atomic mass is 127. The largest absolute Gasteiger partial charge is 0.355 e. The van der Waals surface area contributed by atoms with Gasteiger partial charge in [0.1, 0.15) is 0 Å². The molecule has 0 saturated heterocycles. The summed E-state index contributed by atoms with van der Waals surface area (Å²) in [5.74, 6) is 1.67. The lowest BCUT2D eigenvalue weighted by Crippen LogP contribution is -2.52. The Bertz CT molecular complexity index is 501. The van der Waals surface area contributed by atoms with E-state index in [0.717, 1.165) is 18.4 Å². The monoisotopic (exact) mass is 430 g/mol. The summed E-state index contributed by atoms with van der Waals surface area (Å²) in [6.07, 6.45) is 1.24. The summed E-state index contributed by atoms with van der Waals surface area (Å²) < 4.78 is 0. The molecule has 23 heavy (non-hydrogen) atoms. The summed E-state index contributed by atoms with van der Waals surface area (Å²) in [5, 5.41) is 10.6. The number of guanidine groups is 1. The van der Waals surface area contributed by atoms with Crippen LogP contribution in [0.5, 0.6) is 0 Å². The zero-order valence-electron chi connectivity index (χ0n) is 14.9. The molecule has 0 aliphatic heterocycles. The van der Waals surface area contributed by atoms with Gasteiger partial charge in [0, 0.05) is 31.2 Å². The van der Waals surface area contributed by atoms with Crippen LogP contribution in [0.15, 0.2) is 35.3 Å². The van der Waals surface area contributed by atoms with Gasteiger partial charge in [0.05, 0.1) is 0 Å². The van der Waals surface area contributed by atoms with Gasteiger partial charge in [-0.25, -0.2) is 0 Å². The van der Waals surface area contributed by atoms with Crippen LogP contribution in [0, 0.1) is 5.92 Å². The lowest BCUT2D eigenvalue weighted by molar-refractivity contribution is 0.344. The SMILES string of the molecule is CN=C(NCC(C)(C)NC(C)c1ccccc1)NC1CC1C.I. The fourth-order valence-corrected chi connectivity index (χ4v) is 2.66. The Balaban J connectivity index is 0.00000264. The van der Waals surface area contributed by atoms with Gasteiger partial charge in [0.2, 0.25) is 0 Å². The standard InChI is InChI=1S/C18H30N4.HI/c1-13-11-16(13)21-17(19-5)20-12-18(3,4)22-14(2)15-9-7-6-8-10-15;/h6-10,13-14,16,22H,11-12H2,1-5H3,(H2,19,20,21);1H. The second kappa shape index (κ2) is 8.87. The molecular weight excluding hydrogens is 399 g/mol. The van der Waals surface area contributed by atoms with E-state index < -0.39 is 0 Å². The molecule has 0 bridgehead atoms. The molecule has 5 heteroatoms. The first-order valence-electron chi connectivity index (χ1n) is 8.21. The first-order chi connectivity index (χ1) is 10.4. The van der Waals surface area contributed by atoms with Gasteiger partial charge in [-0.05, 0) is 38.7 Å². The summed E-state index contributed by atoms with van der Waals surface area (Å²) in [5.41, 5.74) is 1.28. The Morgan fingerprint density at radius 2 is 1.91 bits per heavy atom. The molecule has 1 aromatic carbocycles. The molecule has 0 aromatic heterocycles. The van der Waals surface area contributed by atoms with Gasteiger partial charge >= 0.3 is 0 Å². The van der Waals surface area contributed by atoms with Crippen LogP contribution >= 0.6 is 24.0 Å². The second-order valence-corrected chi connectivity index (χ2v) is 7.05. The average Bonchev–Trinajstić information content (AvgIpc) is 3.19. The van der Waals surface area contributed by atoms with E-state index in [1.807, 2.05) is 7.05 Å². The highest BCUT2D eigenvalue weighted by Gasteiger charge is 2.33. The fraction of sp³-hybridized carbons (Fsp3) is 0.611. The topological polar surface area (TPSA) is 48.5 Å². The van der Waals surface area contributed by atoms with Crippen molar-refractivity contribution in [2.24, 2.45) is 10.9 Å². The lowest BCUT2D eigenvalue weighted by atomic mass is 10.0. The maximum atomic E-state index is 4.31. The normalized spacial score (nSPS) is 22.0. The summed E-state index contributed by atoms with van der Waals surface area (Å²) in [6, 6.07) is 11.5. The third-order valence-electron chi connectivity index (χ3n) is 4.26. The van der Waals surface area contributed by atoms with E-state index >= 15 is 0 Å². The van der Waals surface area contributed by atoms with Crippen LogP contribution < -0.4 is 16.0 Å². The van der Waals surface area contributed by atoms with Gasteiger partial charge < -0.3 is 16.0 Å². The molecule has 0 heterocycles. The number of hydrogen-bond donors (Lipinski definition) is 3. The van der Waals surface area contributed by atoms with Crippen molar-refractivity contribution in [3.05, 3.63) is 35.9 Å². The average molecular weight is 430 g/mol. The van der Waals surface area contributed by atoms with E-state index in [1.165, 1.54) is 12.0 Å². The molecule has 0 amide bonds. The molecular formula is C18H31IN4. The molecule has 2 rings (SSSR count). The molecule has 3 atom stereocenters. The summed E-state index contributed by atoms with van der Waals surface area (Å²) in [4.78, 5) is 4.31. The van der Waals surface area contributed by atoms with E-state index in [4.69, 9.17) is 0 Å². The van der Waals surface area contributed by atoms with Crippen molar-refractivity contribution in [2.45, 2.75) is 51.7 Å². The van der Waals surface area contributed by atoms with E-state index in [9.17, 15) is 0 Å². The van der Waals surface area contributed by atoms with Crippen LogP contribution in [0.3, 0.4) is 0 Å². The first-order valence-corrected chi connectivity index (χ1v) is 8.21. The summed E-state index contributed by atoms with van der Waals surface area (Å²) in [7, 11) is 1.83. The molecule has 1 aliphatic carbocycles. The van der Waals surface area contributed by atoms with Crippen LogP contribution in [-0.2, 0) is 0 Å². The zero-order valence-corrected chi connectivity index (χ0v) is 17.2. The van der Waals surface area contributed by atoms with Gasteiger partial charge in [0.15, 0.2) is 5.96 Å². The Morgan fingerprint density at radius 3 is 2.43 bits per heavy atom. The molecule has 4 nitrogen and oxygen atoms in total. The summed E-state index contributed by atoms with van der Waals surface area (Å²) in [6.45, 7) is 9.72. The van der Waals surface area contributed by atoms with Gasteiger partial charge in [-0.2, -0.15) is 0 Å². The van der Waals surface area contributed by atoms with E-state index in [0.29, 0.717) is 12.1 Å². The lowest BCUT2D eigenvalue weighted by Gasteiger charge is -2.31. The molecule has 0 spiro atoms. The number of benzene rings is 1. The van der Waals surface area contributed by atoms with E-state index in [2.05, 4.69) is 79.0 Å². The van der Waals surface area contributed by atoms with Crippen molar-refractivity contribution in [2.75, 3.05) is 13.6 Å². The highest BCUT2D eigenvalue weighted by Crippen LogP contribution is 2.28. The Kier molecular flexibility index (Phi) is 7.80. The molecule has 3 N–H and O–H groups in total. The quantitative estimate of drug-likeness (QED) is 0.369. The maximum absolute atomic E-state index is 4.31. The van der Waals surface area contributed by atoms with Crippen molar-refractivity contribution in [1.29, 1.82) is 0 Å². The fourth-order valence-electron chi connectivity index (χ4n) is 2.66. The predicted octanol–water partition coefficient (Wildman–Crippen LogP) is 3.31. The zero-order chi connectivity index (χ0) is 16.2. The van der Waals surface area contributed by atoms with Crippen LogP contribution in [0.1, 0.15) is 45.7 Å². The van der Waals surface area contributed by atoms with Crippen LogP contribution in [0.4, 0.5) is 0 Å². The second-order valence-electron chi connectivity index (χ2n) is 7.05. The van der Waals surface area contributed by atoms with Crippen molar-refractivity contribution in [3.8, 4) is 0 Å². The Hall–Kier alpha value is -0.820. The molecule has 1 fully saturated rings. The number of nitrogens with one attached hydrogen (secondary N) is 3. The minimum Gasteiger partial charge on any atom is -0.355 e. The molecule has 1 aromatic rings. The van der Waals surface area contributed by atoms with Gasteiger partial charge in [0.25, 0.3) is 0 Å². The number of nitrogens with zero attached hydrogens (tertiary/aromatic N) is 1. The highest BCUT2D eigenvalue weighted by molar-refractivity contribution is 14.0. The van der Waals surface area contributed by atoms with Gasteiger partial charge in [-0.1, -0.05) is 37.3 Å². The molecule has 0 radical (unpaired) electrons. The molecule has 1 saturated carbocycles. The first kappa shape index (κ1) is 20.2. The number of halogens is 1. The molecule has 3 unspecified atom stereocenters. The Morgan fingerprint density at radius 1 is 1.30 bits per heavy atom. The van der Waals surface area contributed by atoms with Crippen molar-refractivity contribution >= 4 is 29.9 Å².